The van der Waals surface area contributed by atoms with Gasteiger partial charge in [0, 0.05) is 0 Å². The lowest BCUT2D eigenvalue weighted by Crippen LogP contribution is -2.11. The number of hydrogen-bond donors (Lipinski definition) is 0. The molecule has 0 aliphatic rings. The average molecular weight is 266 g/mol. The monoisotopic (exact) mass is 266 g/mol. The molecule has 104 valence electrons. The van der Waals surface area contributed by atoms with Crippen molar-refractivity contribution in [1.82, 2.24) is 0 Å². The second kappa shape index (κ2) is 6.51. The van der Waals surface area contributed by atoms with Crippen molar-refractivity contribution in [1.29, 1.82) is 0 Å². The van der Waals surface area contributed by atoms with Crippen molar-refractivity contribution in [2.45, 2.75) is 39.5 Å². The van der Waals surface area contributed by atoms with Crippen LogP contribution in [0, 0.1) is 6.92 Å². The lowest BCUT2D eigenvalue weighted by molar-refractivity contribution is -0.117. The minimum Gasteiger partial charge on any atom is -0.299 e. The van der Waals surface area contributed by atoms with Crippen LogP contribution >= 0.6 is 0 Å². The van der Waals surface area contributed by atoms with E-state index >= 15 is 0 Å². The van der Waals surface area contributed by atoms with Crippen LogP contribution in [0.3, 0.4) is 0 Å². The van der Waals surface area contributed by atoms with Crippen LogP contribution in [0.1, 0.15) is 48.4 Å². The van der Waals surface area contributed by atoms with Crippen molar-refractivity contribution in [3.63, 3.8) is 0 Å². The van der Waals surface area contributed by atoms with Gasteiger partial charge >= 0.3 is 0 Å². The molecular formula is C19H22O. The number of carbonyl (C=O) groups is 1. The van der Waals surface area contributed by atoms with E-state index in [1.807, 2.05) is 0 Å². The predicted octanol–water partition coefficient (Wildman–Crippen LogP) is 4.67. The highest BCUT2D eigenvalue weighted by molar-refractivity contribution is 5.87. The van der Waals surface area contributed by atoms with Gasteiger partial charge in [-0.05, 0) is 37.0 Å². The smallest absolute Gasteiger partial charge is 0.141 e. The van der Waals surface area contributed by atoms with Gasteiger partial charge in [-0.25, -0.2) is 0 Å². The number of ketones is 1. The maximum atomic E-state index is 12.1. The molecule has 0 aromatic heterocycles. The minimum atomic E-state index is -0.146. The Morgan fingerprint density at radius 1 is 1.05 bits per heavy atom. The lowest BCUT2D eigenvalue weighted by atomic mass is 9.87. The van der Waals surface area contributed by atoms with Gasteiger partial charge in [-0.2, -0.15) is 0 Å². The zero-order valence-electron chi connectivity index (χ0n) is 12.5. The highest BCUT2D eigenvalue weighted by atomic mass is 16.1. The molecule has 0 saturated heterocycles. The number of rotatable bonds is 5. The van der Waals surface area contributed by atoms with Crippen LogP contribution in [0.2, 0.25) is 0 Å². The Morgan fingerprint density at radius 2 is 1.75 bits per heavy atom. The van der Waals surface area contributed by atoms with E-state index in [9.17, 15) is 4.79 Å². The summed E-state index contributed by atoms with van der Waals surface area (Å²) in [6.45, 7) is 5.92. The Labute approximate surface area is 121 Å². The quantitative estimate of drug-likeness (QED) is 0.768. The average Bonchev–Trinajstić information content (AvgIpc) is 2.42. The summed E-state index contributed by atoms with van der Waals surface area (Å²) in [6, 6.07) is 16.7. The standard InChI is InChI=1S/C19H22O/c1-4-6-16-7-5-8-18(13-16)19(15(3)20)17-11-9-14(2)10-12-17/h5,7-13,19H,4,6H2,1-3H3. The molecular weight excluding hydrogens is 244 g/mol. The van der Waals surface area contributed by atoms with Gasteiger partial charge in [0.1, 0.15) is 5.78 Å². The molecule has 2 rings (SSSR count). The van der Waals surface area contributed by atoms with E-state index in [-0.39, 0.29) is 11.7 Å². The molecule has 0 aliphatic carbocycles. The molecule has 2 aromatic carbocycles. The Hall–Kier alpha value is -1.89. The van der Waals surface area contributed by atoms with Crippen molar-refractivity contribution in [2.24, 2.45) is 0 Å². The number of hydrogen-bond acceptors (Lipinski definition) is 1. The van der Waals surface area contributed by atoms with E-state index in [0.717, 1.165) is 24.0 Å². The molecule has 0 fully saturated rings. The van der Waals surface area contributed by atoms with Gasteiger partial charge in [-0.3, -0.25) is 4.79 Å². The third-order valence-corrected chi connectivity index (χ3v) is 3.64. The van der Waals surface area contributed by atoms with Gasteiger partial charge in [0.2, 0.25) is 0 Å². The van der Waals surface area contributed by atoms with Gasteiger partial charge < -0.3 is 0 Å². The summed E-state index contributed by atoms with van der Waals surface area (Å²) < 4.78 is 0. The molecule has 0 heterocycles. The molecule has 0 bridgehead atoms. The van der Waals surface area contributed by atoms with Gasteiger partial charge in [-0.15, -0.1) is 0 Å². The molecule has 1 heteroatoms. The first-order valence-corrected chi connectivity index (χ1v) is 7.27. The van der Waals surface area contributed by atoms with E-state index in [1.165, 1.54) is 11.1 Å². The minimum absolute atomic E-state index is 0.146. The SMILES string of the molecule is CCCc1cccc(C(C(C)=O)c2ccc(C)cc2)c1. The molecule has 0 N–H and O–H groups in total. The van der Waals surface area contributed by atoms with Crippen molar-refractivity contribution in [3.05, 3.63) is 70.8 Å². The van der Waals surface area contributed by atoms with Crippen LogP contribution in [0.4, 0.5) is 0 Å². The van der Waals surface area contributed by atoms with E-state index in [0.29, 0.717) is 0 Å². The van der Waals surface area contributed by atoms with Crippen LogP contribution in [0.25, 0.3) is 0 Å². The van der Waals surface area contributed by atoms with Crippen LogP contribution in [0.15, 0.2) is 48.5 Å². The third kappa shape index (κ3) is 3.36. The molecule has 0 saturated carbocycles. The van der Waals surface area contributed by atoms with Crippen molar-refractivity contribution in [3.8, 4) is 0 Å². The molecule has 0 spiro atoms. The summed E-state index contributed by atoms with van der Waals surface area (Å²) in [5, 5.41) is 0. The van der Waals surface area contributed by atoms with E-state index < -0.39 is 0 Å². The summed E-state index contributed by atoms with van der Waals surface area (Å²) in [7, 11) is 0. The topological polar surface area (TPSA) is 17.1 Å². The van der Waals surface area contributed by atoms with E-state index in [4.69, 9.17) is 0 Å². The van der Waals surface area contributed by atoms with Gasteiger partial charge in [0.25, 0.3) is 0 Å². The second-order valence-corrected chi connectivity index (χ2v) is 5.45. The zero-order valence-corrected chi connectivity index (χ0v) is 12.5. The Morgan fingerprint density at radius 3 is 2.35 bits per heavy atom. The molecule has 20 heavy (non-hydrogen) atoms. The van der Waals surface area contributed by atoms with Gasteiger partial charge in [-0.1, -0.05) is 67.4 Å². The summed E-state index contributed by atoms with van der Waals surface area (Å²) in [5.74, 6) is 0.0508. The van der Waals surface area contributed by atoms with Crippen molar-refractivity contribution >= 4 is 5.78 Å². The van der Waals surface area contributed by atoms with Crippen LogP contribution in [-0.4, -0.2) is 5.78 Å². The highest BCUT2D eigenvalue weighted by Gasteiger charge is 2.19. The molecule has 1 unspecified atom stereocenters. The molecule has 2 aromatic rings. The molecule has 1 atom stereocenters. The molecule has 1 nitrogen and oxygen atoms in total. The maximum absolute atomic E-state index is 12.1. The Balaban J connectivity index is 2.40. The third-order valence-electron chi connectivity index (χ3n) is 3.64. The van der Waals surface area contributed by atoms with Gasteiger partial charge in [0.15, 0.2) is 0 Å². The fourth-order valence-electron chi connectivity index (χ4n) is 2.64. The molecule has 0 aliphatic heterocycles. The Kier molecular flexibility index (Phi) is 4.73. The van der Waals surface area contributed by atoms with E-state index in [1.54, 1.807) is 6.92 Å². The number of benzene rings is 2. The maximum Gasteiger partial charge on any atom is 0.141 e. The number of aryl methyl sites for hydroxylation is 2. The highest BCUT2D eigenvalue weighted by Crippen LogP contribution is 2.27. The second-order valence-electron chi connectivity index (χ2n) is 5.45. The fourth-order valence-corrected chi connectivity index (χ4v) is 2.64. The van der Waals surface area contributed by atoms with Crippen molar-refractivity contribution < 1.29 is 4.79 Å². The summed E-state index contributed by atoms with van der Waals surface area (Å²) in [4.78, 5) is 12.1. The number of Topliss-reactive ketones (excluding diaryl/α,β-unsaturated/α-hetero) is 1. The summed E-state index contributed by atoms with van der Waals surface area (Å²) >= 11 is 0. The first kappa shape index (κ1) is 14.5. The first-order valence-electron chi connectivity index (χ1n) is 7.27. The van der Waals surface area contributed by atoms with Crippen LogP contribution in [-0.2, 0) is 11.2 Å². The summed E-state index contributed by atoms with van der Waals surface area (Å²) in [5.41, 5.74) is 4.71. The summed E-state index contributed by atoms with van der Waals surface area (Å²) in [6.07, 6.45) is 2.19. The lowest BCUT2D eigenvalue weighted by Gasteiger charge is -2.16. The number of carbonyl (C=O) groups excluding carboxylic acids is 1. The Bertz CT molecular complexity index is 581. The van der Waals surface area contributed by atoms with E-state index in [2.05, 4.69) is 62.4 Å². The zero-order chi connectivity index (χ0) is 14.5. The normalized spacial score (nSPS) is 12.2. The van der Waals surface area contributed by atoms with Gasteiger partial charge in [0.05, 0.1) is 5.92 Å². The largest absolute Gasteiger partial charge is 0.299 e. The van der Waals surface area contributed by atoms with Crippen LogP contribution in [0.5, 0.6) is 0 Å². The predicted molar refractivity (Wildman–Crippen MR) is 84.1 cm³/mol. The van der Waals surface area contributed by atoms with Crippen molar-refractivity contribution in [2.75, 3.05) is 0 Å². The molecule has 0 amide bonds. The fraction of sp³-hybridized carbons (Fsp3) is 0.316. The van der Waals surface area contributed by atoms with Crippen LogP contribution < -0.4 is 0 Å². The first-order chi connectivity index (χ1) is 9.61. The molecule has 0 radical (unpaired) electrons.